The third kappa shape index (κ3) is 4.17. The van der Waals surface area contributed by atoms with Crippen molar-refractivity contribution < 1.29 is 9.32 Å². The minimum atomic E-state index is -0.159. The molecular weight excluding hydrogens is 380 g/mol. The predicted octanol–water partition coefficient (Wildman–Crippen LogP) is 4.18. The Hall–Kier alpha value is -3.68. The Morgan fingerprint density at radius 2 is 1.90 bits per heavy atom. The van der Waals surface area contributed by atoms with Gasteiger partial charge in [-0.15, -0.1) is 0 Å². The summed E-state index contributed by atoms with van der Waals surface area (Å²) in [4.78, 5) is 21.0. The Morgan fingerprint density at radius 1 is 1.13 bits per heavy atom. The first kappa shape index (κ1) is 19.6. The van der Waals surface area contributed by atoms with Gasteiger partial charge in [0.05, 0.1) is 11.8 Å². The van der Waals surface area contributed by atoms with Crippen LogP contribution in [0.3, 0.4) is 0 Å². The quantitative estimate of drug-likeness (QED) is 0.518. The normalized spacial score (nSPS) is 11.6. The monoisotopic (exact) mass is 404 g/mol. The van der Waals surface area contributed by atoms with Crippen molar-refractivity contribution in [1.82, 2.24) is 19.7 Å². The number of nitrogens with one attached hydrogen (secondary N) is 2. The van der Waals surface area contributed by atoms with Gasteiger partial charge in [-0.3, -0.25) is 4.79 Å². The molecule has 0 radical (unpaired) electrons. The number of benzene rings is 1. The van der Waals surface area contributed by atoms with Crippen molar-refractivity contribution in [2.24, 2.45) is 7.05 Å². The Bertz CT molecular complexity index is 1180. The molecule has 0 saturated heterocycles. The third-order valence-electron chi connectivity index (χ3n) is 4.76. The maximum absolute atomic E-state index is 12.3. The molecule has 0 unspecified atom stereocenters. The van der Waals surface area contributed by atoms with Crippen LogP contribution in [-0.2, 0) is 23.7 Å². The van der Waals surface area contributed by atoms with Gasteiger partial charge < -0.3 is 19.7 Å². The van der Waals surface area contributed by atoms with E-state index in [1.54, 1.807) is 12.4 Å². The molecule has 0 saturated carbocycles. The lowest BCUT2D eigenvalue weighted by molar-refractivity contribution is -0.115. The highest BCUT2D eigenvalue weighted by atomic mass is 16.5. The molecule has 0 spiro atoms. The van der Waals surface area contributed by atoms with Crippen LogP contribution < -0.4 is 10.6 Å². The molecule has 1 amide bonds. The van der Waals surface area contributed by atoms with E-state index in [4.69, 9.17) is 4.52 Å². The summed E-state index contributed by atoms with van der Waals surface area (Å²) in [5.74, 6) is 1.75. The fourth-order valence-corrected chi connectivity index (χ4v) is 3.08. The molecule has 0 aliphatic rings. The molecule has 154 valence electrons. The first-order valence-electron chi connectivity index (χ1n) is 9.68. The Morgan fingerprint density at radius 3 is 2.60 bits per heavy atom. The van der Waals surface area contributed by atoms with Gasteiger partial charge in [0.2, 0.25) is 5.91 Å². The van der Waals surface area contributed by atoms with Gasteiger partial charge in [-0.1, -0.05) is 38.1 Å². The average molecular weight is 404 g/mol. The molecule has 1 aromatic carbocycles. The van der Waals surface area contributed by atoms with Crippen LogP contribution in [0.1, 0.15) is 32.1 Å². The van der Waals surface area contributed by atoms with Crippen molar-refractivity contribution in [3.8, 4) is 0 Å². The van der Waals surface area contributed by atoms with Gasteiger partial charge in [0, 0.05) is 30.4 Å². The minimum Gasteiger partial charge on any atom is -0.359 e. The fourth-order valence-electron chi connectivity index (χ4n) is 3.08. The van der Waals surface area contributed by atoms with E-state index >= 15 is 0 Å². The predicted molar refractivity (Wildman–Crippen MR) is 116 cm³/mol. The summed E-state index contributed by atoms with van der Waals surface area (Å²) in [6.45, 7) is 6.08. The molecule has 4 rings (SSSR count). The van der Waals surface area contributed by atoms with Crippen molar-refractivity contribution >= 4 is 34.3 Å². The molecular formula is C22H24N6O2. The van der Waals surface area contributed by atoms with E-state index < -0.39 is 0 Å². The lowest BCUT2D eigenvalue weighted by Crippen LogP contribution is -2.14. The van der Waals surface area contributed by atoms with Gasteiger partial charge >= 0.3 is 0 Å². The van der Waals surface area contributed by atoms with E-state index in [9.17, 15) is 4.79 Å². The molecule has 2 N–H and O–H groups in total. The highest BCUT2D eigenvalue weighted by Gasteiger charge is 2.20. The van der Waals surface area contributed by atoms with Crippen LogP contribution in [0.4, 0.5) is 17.3 Å². The molecule has 30 heavy (non-hydrogen) atoms. The highest BCUT2D eigenvalue weighted by molar-refractivity contribution is 5.91. The lowest BCUT2D eigenvalue weighted by atomic mass is 9.93. The molecule has 8 heteroatoms. The zero-order valence-corrected chi connectivity index (χ0v) is 17.4. The van der Waals surface area contributed by atoms with Crippen molar-refractivity contribution in [2.75, 3.05) is 10.6 Å². The van der Waals surface area contributed by atoms with Crippen molar-refractivity contribution in [3.63, 3.8) is 0 Å². The molecule has 0 atom stereocenters. The number of aryl methyl sites for hydroxylation is 1. The SMILES string of the molecule is Cn1ccc2c(Nc3ccc(CC(=O)Nc4cc(C(C)(C)C)on4)cc3)ncnc21. The van der Waals surface area contributed by atoms with Gasteiger partial charge in [0.25, 0.3) is 0 Å². The molecule has 3 aromatic heterocycles. The Labute approximate surface area is 174 Å². The van der Waals surface area contributed by atoms with Crippen LogP contribution >= 0.6 is 0 Å². The van der Waals surface area contributed by atoms with Crippen molar-refractivity contribution in [2.45, 2.75) is 32.6 Å². The smallest absolute Gasteiger partial charge is 0.230 e. The summed E-state index contributed by atoms with van der Waals surface area (Å²) >= 11 is 0. The second kappa shape index (κ2) is 7.62. The zero-order valence-electron chi connectivity index (χ0n) is 17.4. The van der Waals surface area contributed by atoms with Crippen LogP contribution in [0, 0.1) is 0 Å². The van der Waals surface area contributed by atoms with Crippen LogP contribution in [0.5, 0.6) is 0 Å². The zero-order chi connectivity index (χ0) is 21.3. The molecule has 0 bridgehead atoms. The number of anilines is 3. The fraction of sp³-hybridized carbons (Fsp3) is 0.273. The van der Waals surface area contributed by atoms with Gasteiger partial charge in [-0.05, 0) is 23.8 Å². The summed E-state index contributed by atoms with van der Waals surface area (Å²) in [5, 5.41) is 11.0. The number of nitrogens with zero attached hydrogens (tertiary/aromatic N) is 4. The van der Waals surface area contributed by atoms with E-state index in [0.29, 0.717) is 5.82 Å². The number of aromatic nitrogens is 4. The van der Waals surface area contributed by atoms with E-state index in [0.717, 1.165) is 33.9 Å². The number of amides is 1. The van der Waals surface area contributed by atoms with Gasteiger partial charge in [-0.2, -0.15) is 0 Å². The second-order valence-electron chi connectivity index (χ2n) is 8.26. The Balaban J connectivity index is 1.40. The average Bonchev–Trinajstić information content (AvgIpc) is 3.31. The first-order valence-corrected chi connectivity index (χ1v) is 9.68. The van der Waals surface area contributed by atoms with Crippen molar-refractivity contribution in [3.05, 3.63) is 60.2 Å². The summed E-state index contributed by atoms with van der Waals surface area (Å²) in [6.07, 6.45) is 3.73. The minimum absolute atomic E-state index is 0.147. The largest absolute Gasteiger partial charge is 0.359 e. The van der Waals surface area contributed by atoms with E-state index in [2.05, 4.69) is 25.8 Å². The maximum Gasteiger partial charge on any atom is 0.230 e. The summed E-state index contributed by atoms with van der Waals surface area (Å²) < 4.78 is 7.25. The molecule has 4 aromatic rings. The van der Waals surface area contributed by atoms with Crippen LogP contribution in [0.2, 0.25) is 0 Å². The van der Waals surface area contributed by atoms with Gasteiger partial charge in [0.15, 0.2) is 5.82 Å². The summed E-state index contributed by atoms with van der Waals surface area (Å²) in [7, 11) is 1.95. The van der Waals surface area contributed by atoms with Gasteiger partial charge in [0.1, 0.15) is 23.6 Å². The standard InChI is InChI=1S/C22H24N6O2/c1-22(2,3)17-12-18(27-30-17)26-19(29)11-14-5-7-15(8-6-14)25-20-16-9-10-28(4)21(16)24-13-23-20/h5-10,12-13H,11H2,1-4H3,(H,23,24,25)(H,26,27,29). The number of fused-ring (bicyclic) bond motifs is 1. The number of carbonyl (C=O) groups is 1. The third-order valence-corrected chi connectivity index (χ3v) is 4.76. The Kier molecular flexibility index (Phi) is 4.99. The van der Waals surface area contributed by atoms with Crippen LogP contribution in [-0.4, -0.2) is 25.6 Å². The number of rotatable bonds is 5. The maximum atomic E-state index is 12.3. The van der Waals surface area contributed by atoms with Gasteiger partial charge in [-0.25, -0.2) is 9.97 Å². The summed E-state index contributed by atoms with van der Waals surface area (Å²) in [6, 6.07) is 11.4. The number of carbonyl (C=O) groups excluding carboxylic acids is 1. The molecule has 3 heterocycles. The molecule has 8 nitrogen and oxygen atoms in total. The highest BCUT2D eigenvalue weighted by Crippen LogP contribution is 2.25. The number of hydrogen-bond donors (Lipinski definition) is 2. The first-order chi connectivity index (χ1) is 14.3. The number of hydrogen-bond acceptors (Lipinski definition) is 6. The topological polar surface area (TPSA) is 97.9 Å². The van der Waals surface area contributed by atoms with E-state index in [1.165, 1.54) is 0 Å². The lowest BCUT2D eigenvalue weighted by Gasteiger charge is -2.12. The second-order valence-corrected chi connectivity index (χ2v) is 8.26. The molecule has 0 aliphatic heterocycles. The van der Waals surface area contributed by atoms with Crippen LogP contribution in [0.25, 0.3) is 11.0 Å². The van der Waals surface area contributed by atoms with Crippen molar-refractivity contribution in [1.29, 1.82) is 0 Å². The molecule has 0 aliphatic carbocycles. The van der Waals surface area contributed by atoms with Crippen LogP contribution in [0.15, 0.2) is 53.4 Å². The van der Waals surface area contributed by atoms with E-state index in [-0.39, 0.29) is 17.7 Å². The van der Waals surface area contributed by atoms with E-state index in [1.807, 2.05) is 68.9 Å². The summed E-state index contributed by atoms with van der Waals surface area (Å²) in [5.41, 5.74) is 2.48. The molecule has 0 fully saturated rings.